The molecular formula is C11H16N2O2. The molecule has 1 unspecified atom stereocenters. The van der Waals surface area contributed by atoms with Crippen LogP contribution in [0, 0.1) is 0 Å². The first-order chi connectivity index (χ1) is 7.15. The van der Waals surface area contributed by atoms with Crippen LogP contribution in [0.5, 0.6) is 0 Å². The first kappa shape index (κ1) is 11.5. The van der Waals surface area contributed by atoms with E-state index in [0.717, 1.165) is 12.8 Å². The van der Waals surface area contributed by atoms with Crippen molar-refractivity contribution in [3.8, 4) is 0 Å². The van der Waals surface area contributed by atoms with Crippen molar-refractivity contribution in [3.63, 3.8) is 0 Å². The summed E-state index contributed by atoms with van der Waals surface area (Å²) in [6.45, 7) is 3.92. The van der Waals surface area contributed by atoms with Crippen LogP contribution in [0.1, 0.15) is 37.0 Å². The van der Waals surface area contributed by atoms with Crippen molar-refractivity contribution < 1.29 is 9.53 Å². The molecule has 1 rings (SSSR count). The average Bonchev–Trinajstić information content (AvgIpc) is 2.18. The second-order valence-electron chi connectivity index (χ2n) is 3.47. The lowest BCUT2D eigenvalue weighted by atomic mass is 10.2. The molecule has 1 atom stereocenters. The van der Waals surface area contributed by atoms with Gasteiger partial charge in [0.05, 0.1) is 23.6 Å². The van der Waals surface area contributed by atoms with Gasteiger partial charge in [0.25, 0.3) is 0 Å². The standard InChI is InChI=1S/C11H16N2O2/c1-3-4-8(2)15-11(14)9-5-6-13-7-10(9)12/h5-8H,3-4,12H2,1-2H3. The van der Waals surface area contributed by atoms with Crippen LogP contribution in [-0.2, 0) is 4.74 Å². The molecular weight excluding hydrogens is 192 g/mol. The van der Waals surface area contributed by atoms with Gasteiger partial charge in [0.1, 0.15) is 0 Å². The van der Waals surface area contributed by atoms with Crippen LogP contribution in [-0.4, -0.2) is 17.1 Å². The van der Waals surface area contributed by atoms with E-state index < -0.39 is 0 Å². The summed E-state index contributed by atoms with van der Waals surface area (Å²) < 4.78 is 5.21. The number of carbonyl (C=O) groups is 1. The van der Waals surface area contributed by atoms with Crippen molar-refractivity contribution in [2.24, 2.45) is 0 Å². The first-order valence-corrected chi connectivity index (χ1v) is 5.05. The van der Waals surface area contributed by atoms with Crippen molar-refractivity contribution in [2.75, 3.05) is 5.73 Å². The highest BCUT2D eigenvalue weighted by Gasteiger charge is 2.13. The maximum absolute atomic E-state index is 11.6. The molecule has 2 N–H and O–H groups in total. The number of nitrogens with zero attached hydrogens (tertiary/aromatic N) is 1. The smallest absolute Gasteiger partial charge is 0.340 e. The number of aromatic nitrogens is 1. The Morgan fingerprint density at radius 1 is 1.67 bits per heavy atom. The highest BCUT2D eigenvalue weighted by molar-refractivity contribution is 5.94. The van der Waals surface area contributed by atoms with E-state index in [4.69, 9.17) is 10.5 Å². The summed E-state index contributed by atoms with van der Waals surface area (Å²) in [4.78, 5) is 15.4. The fourth-order valence-corrected chi connectivity index (χ4v) is 1.30. The molecule has 0 amide bonds. The summed E-state index contributed by atoms with van der Waals surface area (Å²) in [7, 11) is 0. The maximum atomic E-state index is 11.6. The number of nitrogen functional groups attached to an aromatic ring is 1. The van der Waals surface area contributed by atoms with Crippen molar-refractivity contribution in [1.29, 1.82) is 0 Å². The maximum Gasteiger partial charge on any atom is 0.340 e. The fourth-order valence-electron chi connectivity index (χ4n) is 1.30. The Morgan fingerprint density at radius 2 is 2.40 bits per heavy atom. The number of ether oxygens (including phenoxy) is 1. The van der Waals surface area contributed by atoms with Gasteiger partial charge in [-0.3, -0.25) is 4.98 Å². The van der Waals surface area contributed by atoms with Crippen LogP contribution < -0.4 is 5.73 Å². The Balaban J connectivity index is 2.65. The van der Waals surface area contributed by atoms with Gasteiger partial charge >= 0.3 is 5.97 Å². The monoisotopic (exact) mass is 208 g/mol. The Bertz CT molecular complexity index is 339. The van der Waals surface area contributed by atoms with Gasteiger partial charge in [-0.1, -0.05) is 13.3 Å². The number of carbonyl (C=O) groups excluding carboxylic acids is 1. The number of nitrogens with two attached hydrogens (primary N) is 1. The number of anilines is 1. The highest BCUT2D eigenvalue weighted by atomic mass is 16.5. The number of hydrogen-bond acceptors (Lipinski definition) is 4. The zero-order valence-electron chi connectivity index (χ0n) is 9.06. The molecule has 0 aromatic carbocycles. The molecule has 1 aromatic rings. The minimum atomic E-state index is -0.379. The summed E-state index contributed by atoms with van der Waals surface area (Å²) >= 11 is 0. The summed E-state index contributed by atoms with van der Waals surface area (Å²) in [5, 5.41) is 0. The van der Waals surface area contributed by atoms with Crippen molar-refractivity contribution in [1.82, 2.24) is 4.98 Å². The molecule has 82 valence electrons. The average molecular weight is 208 g/mol. The van der Waals surface area contributed by atoms with E-state index in [1.807, 2.05) is 13.8 Å². The van der Waals surface area contributed by atoms with Gasteiger partial charge in [-0.15, -0.1) is 0 Å². The molecule has 0 saturated heterocycles. The van der Waals surface area contributed by atoms with Gasteiger partial charge < -0.3 is 10.5 Å². The summed E-state index contributed by atoms with van der Waals surface area (Å²) in [5.74, 6) is -0.379. The zero-order valence-corrected chi connectivity index (χ0v) is 9.06. The molecule has 0 fully saturated rings. The number of hydrogen-bond donors (Lipinski definition) is 1. The van der Waals surface area contributed by atoms with Gasteiger partial charge in [0, 0.05) is 6.20 Å². The highest BCUT2D eigenvalue weighted by Crippen LogP contribution is 2.12. The minimum absolute atomic E-state index is 0.0740. The SMILES string of the molecule is CCCC(C)OC(=O)c1ccncc1N. The molecule has 15 heavy (non-hydrogen) atoms. The Hall–Kier alpha value is -1.58. The summed E-state index contributed by atoms with van der Waals surface area (Å²) in [5.41, 5.74) is 6.34. The third-order valence-electron chi connectivity index (χ3n) is 2.08. The number of pyridine rings is 1. The molecule has 0 spiro atoms. The van der Waals surface area contributed by atoms with Gasteiger partial charge in [-0.05, 0) is 19.4 Å². The van der Waals surface area contributed by atoms with Crippen LogP contribution in [0.15, 0.2) is 18.5 Å². The first-order valence-electron chi connectivity index (χ1n) is 5.05. The van der Waals surface area contributed by atoms with Gasteiger partial charge in [-0.25, -0.2) is 4.79 Å². The molecule has 1 aromatic heterocycles. The van der Waals surface area contributed by atoms with Crippen LogP contribution in [0.25, 0.3) is 0 Å². The van der Waals surface area contributed by atoms with E-state index in [1.54, 1.807) is 6.07 Å². The predicted molar refractivity (Wildman–Crippen MR) is 58.4 cm³/mol. The Kier molecular flexibility index (Phi) is 4.09. The largest absolute Gasteiger partial charge is 0.459 e. The lowest BCUT2D eigenvalue weighted by Gasteiger charge is -2.12. The van der Waals surface area contributed by atoms with E-state index in [9.17, 15) is 4.79 Å². The Morgan fingerprint density at radius 3 is 3.00 bits per heavy atom. The fraction of sp³-hybridized carbons (Fsp3) is 0.455. The van der Waals surface area contributed by atoms with Crippen molar-refractivity contribution in [2.45, 2.75) is 32.8 Å². The van der Waals surface area contributed by atoms with Crippen LogP contribution in [0.2, 0.25) is 0 Å². The van der Waals surface area contributed by atoms with Crippen molar-refractivity contribution >= 4 is 11.7 Å². The minimum Gasteiger partial charge on any atom is -0.459 e. The molecule has 0 aliphatic carbocycles. The third kappa shape index (κ3) is 3.23. The van der Waals surface area contributed by atoms with E-state index in [-0.39, 0.29) is 12.1 Å². The van der Waals surface area contributed by atoms with E-state index in [0.29, 0.717) is 11.3 Å². The zero-order chi connectivity index (χ0) is 11.3. The Labute approximate surface area is 89.5 Å². The van der Waals surface area contributed by atoms with Crippen LogP contribution >= 0.6 is 0 Å². The molecule has 0 bridgehead atoms. The number of esters is 1. The second-order valence-corrected chi connectivity index (χ2v) is 3.47. The van der Waals surface area contributed by atoms with Crippen LogP contribution in [0.3, 0.4) is 0 Å². The van der Waals surface area contributed by atoms with Gasteiger partial charge in [0.2, 0.25) is 0 Å². The molecule has 0 aliphatic rings. The molecule has 0 radical (unpaired) electrons. The topological polar surface area (TPSA) is 65.2 Å². The molecule has 4 nitrogen and oxygen atoms in total. The molecule has 0 aliphatic heterocycles. The normalized spacial score (nSPS) is 12.1. The molecule has 0 saturated carbocycles. The lowest BCUT2D eigenvalue weighted by Crippen LogP contribution is -2.16. The van der Waals surface area contributed by atoms with Crippen molar-refractivity contribution in [3.05, 3.63) is 24.0 Å². The van der Waals surface area contributed by atoms with E-state index >= 15 is 0 Å². The number of rotatable bonds is 4. The third-order valence-corrected chi connectivity index (χ3v) is 2.08. The predicted octanol–water partition coefficient (Wildman–Crippen LogP) is 2.01. The quantitative estimate of drug-likeness (QED) is 0.769. The molecule has 4 heteroatoms. The lowest BCUT2D eigenvalue weighted by molar-refractivity contribution is 0.0324. The van der Waals surface area contributed by atoms with E-state index in [1.165, 1.54) is 12.4 Å². The summed E-state index contributed by atoms with van der Waals surface area (Å²) in [6.07, 6.45) is 4.74. The molecule has 1 heterocycles. The second kappa shape index (κ2) is 5.34. The summed E-state index contributed by atoms with van der Waals surface area (Å²) in [6, 6.07) is 1.57. The van der Waals surface area contributed by atoms with Crippen LogP contribution in [0.4, 0.5) is 5.69 Å². The van der Waals surface area contributed by atoms with E-state index in [2.05, 4.69) is 4.98 Å². The van der Waals surface area contributed by atoms with Gasteiger partial charge in [0.15, 0.2) is 0 Å². The van der Waals surface area contributed by atoms with Gasteiger partial charge in [-0.2, -0.15) is 0 Å².